The Labute approximate surface area is 115 Å². The van der Waals surface area contributed by atoms with Gasteiger partial charge in [0, 0.05) is 19.2 Å². The molecule has 7 heteroatoms. The molecule has 1 aromatic carbocycles. The van der Waals surface area contributed by atoms with Crippen molar-refractivity contribution in [3.8, 4) is 0 Å². The molecule has 0 spiro atoms. The molecule has 0 aliphatic carbocycles. The van der Waals surface area contributed by atoms with Gasteiger partial charge in [0.15, 0.2) is 0 Å². The molecular formula is C13H16FN3O3. The van der Waals surface area contributed by atoms with Gasteiger partial charge in [-0.05, 0) is 24.8 Å². The van der Waals surface area contributed by atoms with Crippen LogP contribution in [0.4, 0.5) is 15.8 Å². The summed E-state index contributed by atoms with van der Waals surface area (Å²) >= 11 is 0. The number of rotatable bonds is 2. The van der Waals surface area contributed by atoms with E-state index in [0.717, 1.165) is 25.0 Å². The first kappa shape index (κ1) is 14.2. The third-order valence-electron chi connectivity index (χ3n) is 3.53. The quantitative estimate of drug-likeness (QED) is 0.511. The van der Waals surface area contributed by atoms with Gasteiger partial charge < -0.3 is 10.6 Å². The van der Waals surface area contributed by atoms with Crippen molar-refractivity contribution in [2.75, 3.05) is 18.8 Å². The number of piperidine rings is 1. The molecule has 1 heterocycles. The third kappa shape index (κ3) is 2.56. The second-order valence-corrected chi connectivity index (χ2v) is 5.11. The number of anilines is 1. The van der Waals surface area contributed by atoms with Crippen LogP contribution in [-0.4, -0.2) is 28.8 Å². The van der Waals surface area contributed by atoms with E-state index in [0.29, 0.717) is 19.0 Å². The summed E-state index contributed by atoms with van der Waals surface area (Å²) < 4.78 is 13.8. The minimum atomic E-state index is -0.823. The lowest BCUT2D eigenvalue weighted by atomic mass is 9.99. The molecule has 0 bridgehead atoms. The molecule has 2 N–H and O–H groups in total. The second-order valence-electron chi connectivity index (χ2n) is 5.11. The van der Waals surface area contributed by atoms with Crippen molar-refractivity contribution in [3.63, 3.8) is 0 Å². The van der Waals surface area contributed by atoms with Crippen molar-refractivity contribution in [1.29, 1.82) is 0 Å². The SMILES string of the molecule is CC1CCCN(C(=O)c2c(F)ccc([N+](=O)[O-])c2N)C1. The zero-order chi connectivity index (χ0) is 14.9. The molecule has 2 rings (SSSR count). The summed E-state index contributed by atoms with van der Waals surface area (Å²) in [5.74, 6) is -1.07. The number of benzene rings is 1. The van der Waals surface area contributed by atoms with Gasteiger partial charge in [-0.1, -0.05) is 6.92 Å². The van der Waals surface area contributed by atoms with Gasteiger partial charge >= 0.3 is 0 Å². The number of hydrogen-bond acceptors (Lipinski definition) is 4. The normalized spacial score (nSPS) is 18.9. The molecule has 1 atom stereocenters. The number of hydrogen-bond donors (Lipinski definition) is 1. The van der Waals surface area contributed by atoms with E-state index < -0.39 is 33.6 Å². The summed E-state index contributed by atoms with van der Waals surface area (Å²) in [5.41, 5.74) is 4.35. The molecule has 1 saturated heterocycles. The van der Waals surface area contributed by atoms with Gasteiger partial charge in [0.2, 0.25) is 0 Å². The lowest BCUT2D eigenvalue weighted by molar-refractivity contribution is -0.384. The van der Waals surface area contributed by atoms with Crippen LogP contribution in [0, 0.1) is 21.8 Å². The Bertz CT molecular complexity index is 562. The summed E-state index contributed by atoms with van der Waals surface area (Å²) in [6, 6.07) is 1.88. The van der Waals surface area contributed by atoms with E-state index in [4.69, 9.17) is 5.73 Å². The topological polar surface area (TPSA) is 89.5 Å². The van der Waals surface area contributed by atoms with Crippen LogP contribution >= 0.6 is 0 Å². The number of nitrogens with two attached hydrogens (primary N) is 1. The molecule has 1 aromatic rings. The second kappa shape index (κ2) is 5.44. The van der Waals surface area contributed by atoms with Crippen molar-refractivity contribution in [3.05, 3.63) is 33.6 Å². The van der Waals surface area contributed by atoms with Crippen LogP contribution in [0.5, 0.6) is 0 Å². The molecule has 1 fully saturated rings. The number of likely N-dealkylation sites (tertiary alicyclic amines) is 1. The van der Waals surface area contributed by atoms with Crippen LogP contribution in [0.25, 0.3) is 0 Å². The lowest BCUT2D eigenvalue weighted by Crippen LogP contribution is -2.39. The van der Waals surface area contributed by atoms with E-state index in [-0.39, 0.29) is 0 Å². The highest BCUT2D eigenvalue weighted by atomic mass is 19.1. The monoisotopic (exact) mass is 281 g/mol. The smallest absolute Gasteiger partial charge is 0.293 e. The first-order chi connectivity index (χ1) is 9.41. The minimum Gasteiger partial charge on any atom is -0.392 e. The fraction of sp³-hybridized carbons (Fsp3) is 0.462. The molecule has 108 valence electrons. The fourth-order valence-corrected chi connectivity index (χ4v) is 2.49. The Morgan fingerprint density at radius 3 is 2.85 bits per heavy atom. The Morgan fingerprint density at radius 2 is 2.25 bits per heavy atom. The number of nitrogens with zero attached hydrogens (tertiary/aromatic N) is 2. The zero-order valence-corrected chi connectivity index (χ0v) is 11.1. The number of nitro benzene ring substituents is 1. The molecule has 0 saturated carbocycles. The van der Waals surface area contributed by atoms with E-state index in [1.807, 2.05) is 6.92 Å². The van der Waals surface area contributed by atoms with Gasteiger partial charge in [-0.15, -0.1) is 0 Å². The predicted molar refractivity (Wildman–Crippen MR) is 71.8 cm³/mol. The largest absolute Gasteiger partial charge is 0.392 e. The van der Waals surface area contributed by atoms with Crippen LogP contribution in [-0.2, 0) is 0 Å². The minimum absolute atomic E-state index is 0.329. The molecule has 6 nitrogen and oxygen atoms in total. The van der Waals surface area contributed by atoms with Crippen LogP contribution in [0.15, 0.2) is 12.1 Å². The highest BCUT2D eigenvalue weighted by molar-refractivity contribution is 6.01. The molecule has 0 aromatic heterocycles. The Hall–Kier alpha value is -2.18. The summed E-state index contributed by atoms with van der Waals surface area (Å²) in [6.45, 7) is 3.04. The van der Waals surface area contributed by atoms with Crippen LogP contribution < -0.4 is 5.73 Å². The number of carbonyl (C=O) groups is 1. The van der Waals surface area contributed by atoms with Crippen molar-refractivity contribution >= 4 is 17.3 Å². The maximum absolute atomic E-state index is 13.8. The van der Waals surface area contributed by atoms with E-state index in [2.05, 4.69) is 0 Å². The molecular weight excluding hydrogens is 265 g/mol. The summed E-state index contributed by atoms with van der Waals surface area (Å²) in [4.78, 5) is 23.9. The first-order valence-corrected chi connectivity index (χ1v) is 6.43. The average Bonchev–Trinajstić information content (AvgIpc) is 2.38. The lowest BCUT2D eigenvalue weighted by Gasteiger charge is -2.31. The number of amides is 1. The van der Waals surface area contributed by atoms with E-state index >= 15 is 0 Å². The van der Waals surface area contributed by atoms with Crippen molar-refractivity contribution < 1.29 is 14.1 Å². The maximum Gasteiger partial charge on any atom is 0.293 e. The van der Waals surface area contributed by atoms with Crippen LogP contribution in [0.3, 0.4) is 0 Å². The Kier molecular flexibility index (Phi) is 3.87. The predicted octanol–water partition coefficient (Wildman–Crippen LogP) is 2.19. The zero-order valence-electron chi connectivity index (χ0n) is 11.1. The van der Waals surface area contributed by atoms with Gasteiger partial charge in [0.25, 0.3) is 11.6 Å². The molecule has 1 amide bonds. The van der Waals surface area contributed by atoms with Gasteiger partial charge in [0.05, 0.1) is 4.92 Å². The fourth-order valence-electron chi connectivity index (χ4n) is 2.49. The highest BCUT2D eigenvalue weighted by Crippen LogP contribution is 2.29. The summed E-state index contributed by atoms with van der Waals surface area (Å²) in [5, 5.41) is 10.8. The van der Waals surface area contributed by atoms with E-state index in [9.17, 15) is 19.3 Å². The average molecular weight is 281 g/mol. The van der Waals surface area contributed by atoms with Gasteiger partial charge in [-0.25, -0.2) is 4.39 Å². The number of halogens is 1. The number of nitro groups is 1. The van der Waals surface area contributed by atoms with Gasteiger partial charge in [-0.2, -0.15) is 0 Å². The number of carbonyl (C=O) groups excluding carboxylic acids is 1. The van der Waals surface area contributed by atoms with Crippen molar-refractivity contribution in [2.45, 2.75) is 19.8 Å². The van der Waals surface area contributed by atoms with E-state index in [1.165, 1.54) is 4.90 Å². The standard InChI is InChI=1S/C13H16FN3O3/c1-8-3-2-6-16(7-8)13(18)11-9(14)4-5-10(12(11)15)17(19)20/h4-5,8H,2-3,6-7,15H2,1H3. The van der Waals surface area contributed by atoms with Crippen LogP contribution in [0.2, 0.25) is 0 Å². The molecule has 20 heavy (non-hydrogen) atoms. The maximum atomic E-state index is 13.8. The van der Waals surface area contributed by atoms with Gasteiger partial charge in [-0.3, -0.25) is 14.9 Å². The molecule has 1 aliphatic rings. The molecule has 0 radical (unpaired) electrons. The summed E-state index contributed by atoms with van der Waals surface area (Å²) in [7, 11) is 0. The highest BCUT2D eigenvalue weighted by Gasteiger charge is 2.29. The summed E-state index contributed by atoms with van der Waals surface area (Å²) in [6.07, 6.45) is 1.85. The first-order valence-electron chi connectivity index (χ1n) is 6.43. The van der Waals surface area contributed by atoms with Crippen molar-refractivity contribution in [1.82, 2.24) is 4.90 Å². The van der Waals surface area contributed by atoms with Crippen LogP contribution in [0.1, 0.15) is 30.1 Å². The molecule has 1 unspecified atom stereocenters. The third-order valence-corrected chi connectivity index (χ3v) is 3.53. The van der Waals surface area contributed by atoms with Gasteiger partial charge in [0.1, 0.15) is 17.1 Å². The Morgan fingerprint density at radius 1 is 1.55 bits per heavy atom. The number of nitrogen functional groups attached to an aromatic ring is 1. The van der Waals surface area contributed by atoms with E-state index in [1.54, 1.807) is 0 Å². The van der Waals surface area contributed by atoms with Crippen molar-refractivity contribution in [2.24, 2.45) is 5.92 Å². The molecule has 1 aliphatic heterocycles. The Balaban J connectivity index is 2.38.